The highest BCUT2D eigenvalue weighted by Crippen LogP contribution is 2.42. The fourth-order valence-corrected chi connectivity index (χ4v) is 5.18. The number of hydrogen-bond acceptors (Lipinski definition) is 5. The number of halogens is 1. The van der Waals surface area contributed by atoms with Gasteiger partial charge in [0.25, 0.3) is 0 Å². The van der Waals surface area contributed by atoms with Gasteiger partial charge in [0.2, 0.25) is 0 Å². The molecule has 0 bridgehead atoms. The van der Waals surface area contributed by atoms with Gasteiger partial charge < -0.3 is 5.73 Å². The van der Waals surface area contributed by atoms with Crippen molar-refractivity contribution in [1.29, 1.82) is 5.26 Å². The van der Waals surface area contributed by atoms with Crippen molar-refractivity contribution in [3.63, 3.8) is 0 Å². The zero-order chi connectivity index (χ0) is 21.4. The molecule has 0 fully saturated rings. The molecule has 0 atom stereocenters. The summed E-state index contributed by atoms with van der Waals surface area (Å²) in [6, 6.07) is 19.8. The van der Waals surface area contributed by atoms with Crippen LogP contribution in [0.3, 0.4) is 0 Å². The van der Waals surface area contributed by atoms with E-state index in [0.717, 1.165) is 58.3 Å². The molecule has 5 rings (SSSR count). The van der Waals surface area contributed by atoms with Gasteiger partial charge in [0.15, 0.2) is 5.65 Å². The average molecular weight is 443 g/mol. The van der Waals surface area contributed by atoms with E-state index < -0.39 is 0 Å². The molecule has 31 heavy (non-hydrogen) atoms. The van der Waals surface area contributed by atoms with Gasteiger partial charge in [-0.25, -0.2) is 9.97 Å². The minimum atomic E-state index is 0.507. The lowest BCUT2D eigenvalue weighted by molar-refractivity contribution is 0.672. The number of benzene rings is 2. The summed E-state index contributed by atoms with van der Waals surface area (Å²) in [5.74, 6) is 0. The molecule has 152 valence electrons. The molecular weight excluding hydrogens is 424 g/mol. The molecule has 0 aliphatic heterocycles. The van der Waals surface area contributed by atoms with Gasteiger partial charge in [-0.2, -0.15) is 5.26 Å². The number of nitrogens with two attached hydrogens (primary N) is 1. The standard InChI is InChI=1S/C25H19ClN4S/c26-16-12-10-15(11-13-16)21-19(14-27)25(31-17-6-2-1-3-7-17)30-24-22(21)23(28)18-8-4-5-9-20(18)29-24/h1-3,6-7,10-13H,4-5,8-9H2,(H2,28,29,30). The molecule has 1 aliphatic rings. The summed E-state index contributed by atoms with van der Waals surface area (Å²) in [6.07, 6.45) is 4.03. The average Bonchev–Trinajstić information content (AvgIpc) is 2.80. The molecule has 0 saturated carbocycles. The van der Waals surface area contributed by atoms with Crippen LogP contribution in [0.4, 0.5) is 5.69 Å². The highest BCUT2D eigenvalue weighted by molar-refractivity contribution is 7.99. The van der Waals surface area contributed by atoms with Crippen LogP contribution in [0, 0.1) is 11.3 Å². The number of hydrogen-bond donors (Lipinski definition) is 1. The van der Waals surface area contributed by atoms with Crippen molar-refractivity contribution in [2.45, 2.75) is 35.6 Å². The second-order valence-corrected chi connectivity index (χ2v) is 9.06. The summed E-state index contributed by atoms with van der Waals surface area (Å²) in [6.45, 7) is 0. The van der Waals surface area contributed by atoms with Crippen LogP contribution in [0.15, 0.2) is 64.5 Å². The maximum Gasteiger partial charge on any atom is 0.163 e. The Hall–Kier alpha value is -3.07. The molecule has 4 aromatic rings. The first-order valence-corrected chi connectivity index (χ1v) is 11.4. The molecule has 4 nitrogen and oxygen atoms in total. The Balaban J connectivity index is 1.84. The zero-order valence-corrected chi connectivity index (χ0v) is 18.3. The van der Waals surface area contributed by atoms with E-state index in [1.807, 2.05) is 54.6 Å². The van der Waals surface area contributed by atoms with Gasteiger partial charge in [-0.1, -0.05) is 53.7 Å². The largest absolute Gasteiger partial charge is 0.398 e. The van der Waals surface area contributed by atoms with Crippen LogP contribution in [-0.4, -0.2) is 9.97 Å². The van der Waals surface area contributed by atoms with Crippen molar-refractivity contribution >= 4 is 40.1 Å². The summed E-state index contributed by atoms with van der Waals surface area (Å²) in [4.78, 5) is 10.8. The molecule has 0 unspecified atom stereocenters. The third kappa shape index (κ3) is 3.63. The molecule has 2 N–H and O–H groups in total. The van der Waals surface area contributed by atoms with Crippen LogP contribution in [0.25, 0.3) is 22.2 Å². The lowest BCUT2D eigenvalue weighted by atomic mass is 9.90. The van der Waals surface area contributed by atoms with Gasteiger partial charge >= 0.3 is 0 Å². The van der Waals surface area contributed by atoms with Crippen molar-refractivity contribution in [2.24, 2.45) is 0 Å². The third-order valence-corrected chi connectivity index (χ3v) is 6.87. The van der Waals surface area contributed by atoms with E-state index in [-0.39, 0.29) is 0 Å². The fraction of sp³-hybridized carbons (Fsp3) is 0.160. The molecule has 2 aromatic carbocycles. The van der Waals surface area contributed by atoms with Gasteiger partial charge in [-0.3, -0.25) is 0 Å². The Morgan fingerprint density at radius 1 is 0.968 bits per heavy atom. The predicted molar refractivity (Wildman–Crippen MR) is 126 cm³/mol. The van der Waals surface area contributed by atoms with Crippen LogP contribution in [0.2, 0.25) is 5.02 Å². The number of aryl methyl sites for hydroxylation is 1. The maximum atomic E-state index is 10.2. The van der Waals surface area contributed by atoms with Crippen molar-refractivity contribution in [1.82, 2.24) is 9.97 Å². The number of rotatable bonds is 3. The SMILES string of the molecule is N#Cc1c(Sc2ccccc2)nc2nc3c(c(N)c2c1-c1ccc(Cl)cc1)CCCC3. The molecule has 0 spiro atoms. The summed E-state index contributed by atoms with van der Waals surface area (Å²) < 4.78 is 0. The first-order chi connectivity index (χ1) is 15.2. The molecule has 2 aromatic heterocycles. The van der Waals surface area contributed by atoms with E-state index in [0.29, 0.717) is 26.9 Å². The normalized spacial score (nSPS) is 13.0. The lowest BCUT2D eigenvalue weighted by Gasteiger charge is -2.21. The number of nitrogen functional groups attached to an aromatic ring is 1. The Kier molecular flexibility index (Phi) is 5.27. The number of nitrogens with zero attached hydrogens (tertiary/aromatic N) is 3. The van der Waals surface area contributed by atoms with E-state index in [2.05, 4.69) is 6.07 Å². The minimum Gasteiger partial charge on any atom is -0.398 e. The second kappa shape index (κ2) is 8.22. The quantitative estimate of drug-likeness (QED) is 0.395. The van der Waals surface area contributed by atoms with E-state index in [9.17, 15) is 5.26 Å². The van der Waals surface area contributed by atoms with E-state index in [1.54, 1.807) is 0 Å². The number of nitriles is 1. The number of pyridine rings is 2. The minimum absolute atomic E-state index is 0.507. The van der Waals surface area contributed by atoms with Gasteiger partial charge in [0.05, 0.1) is 10.9 Å². The maximum absolute atomic E-state index is 10.2. The molecule has 0 saturated heterocycles. The predicted octanol–water partition coefficient (Wildman–Crippen LogP) is 6.43. The van der Waals surface area contributed by atoms with Crippen LogP contribution < -0.4 is 5.73 Å². The highest BCUT2D eigenvalue weighted by Gasteiger charge is 2.24. The lowest BCUT2D eigenvalue weighted by Crippen LogP contribution is -2.11. The fourth-order valence-electron chi connectivity index (χ4n) is 4.15. The molecule has 6 heteroatoms. The molecule has 2 heterocycles. The first-order valence-electron chi connectivity index (χ1n) is 10.2. The van der Waals surface area contributed by atoms with E-state index in [1.165, 1.54) is 11.8 Å². The summed E-state index contributed by atoms with van der Waals surface area (Å²) in [7, 11) is 0. The Labute approximate surface area is 190 Å². The molecule has 1 aliphatic carbocycles. The Morgan fingerprint density at radius 2 is 1.71 bits per heavy atom. The van der Waals surface area contributed by atoms with Gasteiger partial charge in [-0.05, 0) is 61.1 Å². The van der Waals surface area contributed by atoms with Crippen molar-refractivity contribution in [3.8, 4) is 17.2 Å². The Bertz CT molecular complexity index is 1330. The van der Waals surface area contributed by atoms with E-state index in [4.69, 9.17) is 27.3 Å². The second-order valence-electron chi connectivity index (χ2n) is 7.56. The molecular formula is C25H19ClN4S. The zero-order valence-electron chi connectivity index (χ0n) is 16.7. The van der Waals surface area contributed by atoms with E-state index >= 15 is 0 Å². The number of fused-ring (bicyclic) bond motifs is 2. The molecule has 0 radical (unpaired) electrons. The van der Waals surface area contributed by atoms with Gasteiger partial charge in [0, 0.05) is 26.9 Å². The topological polar surface area (TPSA) is 75.6 Å². The first kappa shape index (κ1) is 19.9. The Morgan fingerprint density at radius 3 is 2.45 bits per heavy atom. The smallest absolute Gasteiger partial charge is 0.163 e. The van der Waals surface area contributed by atoms with Gasteiger partial charge in [0.1, 0.15) is 11.1 Å². The summed E-state index contributed by atoms with van der Waals surface area (Å²) in [5.41, 5.74) is 12.3. The van der Waals surface area contributed by atoms with Gasteiger partial charge in [-0.15, -0.1) is 0 Å². The van der Waals surface area contributed by atoms with Crippen LogP contribution in [-0.2, 0) is 12.8 Å². The van der Waals surface area contributed by atoms with Crippen LogP contribution >= 0.6 is 23.4 Å². The number of aromatic nitrogens is 2. The van der Waals surface area contributed by atoms with Crippen molar-refractivity contribution in [2.75, 3.05) is 5.73 Å². The van der Waals surface area contributed by atoms with Crippen LogP contribution in [0.1, 0.15) is 29.7 Å². The highest BCUT2D eigenvalue weighted by atomic mass is 35.5. The van der Waals surface area contributed by atoms with Crippen molar-refractivity contribution < 1.29 is 0 Å². The number of anilines is 1. The summed E-state index contributed by atoms with van der Waals surface area (Å²) >= 11 is 7.61. The molecule has 0 amide bonds. The third-order valence-electron chi connectivity index (χ3n) is 5.62. The van der Waals surface area contributed by atoms with Crippen LogP contribution in [0.5, 0.6) is 0 Å². The monoisotopic (exact) mass is 442 g/mol. The van der Waals surface area contributed by atoms with Crippen molar-refractivity contribution in [3.05, 3.63) is 76.4 Å². The summed E-state index contributed by atoms with van der Waals surface area (Å²) in [5, 5.41) is 12.2.